The number of amides is 1. The van der Waals surface area contributed by atoms with E-state index >= 15 is 0 Å². The van der Waals surface area contributed by atoms with E-state index in [0.717, 1.165) is 27.4 Å². The molecule has 0 aliphatic carbocycles. The van der Waals surface area contributed by atoms with Gasteiger partial charge in [0.25, 0.3) is 5.91 Å². The first-order chi connectivity index (χ1) is 13.8. The quantitative estimate of drug-likeness (QED) is 0.495. The van der Waals surface area contributed by atoms with Crippen molar-refractivity contribution >= 4 is 33.7 Å². The van der Waals surface area contributed by atoms with Crippen LogP contribution in [0.2, 0.25) is 0 Å². The number of carbonyl (C=O) groups excluding carboxylic acids is 1. The summed E-state index contributed by atoms with van der Waals surface area (Å²) in [6, 6.07) is 17.3. The van der Waals surface area contributed by atoms with E-state index in [2.05, 4.69) is 37.4 Å². The van der Waals surface area contributed by atoms with Crippen molar-refractivity contribution in [3.8, 4) is 11.1 Å². The Morgan fingerprint density at radius 1 is 0.964 bits per heavy atom. The molecule has 0 saturated carbocycles. The van der Waals surface area contributed by atoms with Crippen LogP contribution in [0.3, 0.4) is 0 Å². The summed E-state index contributed by atoms with van der Waals surface area (Å²) in [6.07, 6.45) is 6.90. The second-order valence-corrected chi connectivity index (χ2v) is 6.40. The number of aromatic amines is 1. The van der Waals surface area contributed by atoms with Crippen molar-refractivity contribution in [3.05, 3.63) is 84.9 Å². The van der Waals surface area contributed by atoms with Gasteiger partial charge in [-0.15, -0.1) is 0 Å². The molecular formula is C22H15N5O. The highest BCUT2D eigenvalue weighted by Crippen LogP contribution is 2.30. The zero-order chi connectivity index (χ0) is 18.9. The predicted molar refractivity (Wildman–Crippen MR) is 109 cm³/mol. The molecule has 0 saturated heterocycles. The monoisotopic (exact) mass is 365 g/mol. The molecule has 1 amide bonds. The van der Waals surface area contributed by atoms with Gasteiger partial charge >= 0.3 is 0 Å². The van der Waals surface area contributed by atoms with Crippen LogP contribution < -0.4 is 5.32 Å². The van der Waals surface area contributed by atoms with Gasteiger partial charge in [-0.05, 0) is 48.0 Å². The second-order valence-electron chi connectivity index (χ2n) is 6.40. The number of fused-ring (bicyclic) bond motifs is 2. The molecule has 4 aromatic heterocycles. The molecule has 6 nitrogen and oxygen atoms in total. The number of H-pyrrole nitrogens is 1. The van der Waals surface area contributed by atoms with E-state index in [1.807, 2.05) is 30.5 Å². The highest BCUT2D eigenvalue weighted by atomic mass is 16.1. The van der Waals surface area contributed by atoms with Gasteiger partial charge in [-0.25, -0.2) is 4.98 Å². The molecule has 1 aromatic carbocycles. The summed E-state index contributed by atoms with van der Waals surface area (Å²) in [5, 5.41) is 4.89. The average Bonchev–Trinajstić information content (AvgIpc) is 3.17. The molecule has 0 atom stereocenters. The molecule has 134 valence electrons. The highest BCUT2D eigenvalue weighted by molar-refractivity contribution is 6.04. The maximum atomic E-state index is 12.3. The minimum Gasteiger partial charge on any atom is -0.345 e. The lowest BCUT2D eigenvalue weighted by molar-refractivity contribution is 0.102. The van der Waals surface area contributed by atoms with Gasteiger partial charge in [0.15, 0.2) is 0 Å². The first-order valence-electron chi connectivity index (χ1n) is 8.82. The normalized spacial score (nSPS) is 11.0. The van der Waals surface area contributed by atoms with Gasteiger partial charge in [-0.3, -0.25) is 14.8 Å². The number of hydrogen-bond acceptors (Lipinski definition) is 4. The number of hydrogen-bond donors (Lipinski definition) is 2. The minimum atomic E-state index is -0.219. The Bertz CT molecular complexity index is 1310. The second kappa shape index (κ2) is 6.59. The summed E-state index contributed by atoms with van der Waals surface area (Å²) in [5.41, 5.74) is 4.36. The first-order valence-corrected chi connectivity index (χ1v) is 8.82. The summed E-state index contributed by atoms with van der Waals surface area (Å²) in [5.74, 6) is 0.272. The largest absolute Gasteiger partial charge is 0.345 e. The molecule has 0 spiro atoms. The van der Waals surface area contributed by atoms with Crippen LogP contribution in [0.25, 0.3) is 33.1 Å². The van der Waals surface area contributed by atoms with E-state index in [9.17, 15) is 4.79 Å². The Morgan fingerprint density at radius 2 is 1.86 bits per heavy atom. The number of benzene rings is 1. The van der Waals surface area contributed by atoms with Crippen LogP contribution in [0.1, 0.15) is 10.4 Å². The van der Waals surface area contributed by atoms with E-state index in [-0.39, 0.29) is 5.91 Å². The van der Waals surface area contributed by atoms with Crippen molar-refractivity contribution in [3.63, 3.8) is 0 Å². The third-order valence-electron chi connectivity index (χ3n) is 4.64. The van der Waals surface area contributed by atoms with E-state index in [1.165, 1.54) is 0 Å². The smallest absolute Gasteiger partial charge is 0.256 e. The molecule has 28 heavy (non-hydrogen) atoms. The molecule has 0 radical (unpaired) electrons. The number of pyridine rings is 3. The number of anilines is 1. The van der Waals surface area contributed by atoms with E-state index in [4.69, 9.17) is 0 Å². The fourth-order valence-electron chi connectivity index (χ4n) is 3.25. The van der Waals surface area contributed by atoms with Crippen LogP contribution in [0.5, 0.6) is 0 Å². The van der Waals surface area contributed by atoms with Crippen molar-refractivity contribution < 1.29 is 4.79 Å². The fraction of sp³-hybridized carbons (Fsp3) is 0. The summed E-state index contributed by atoms with van der Waals surface area (Å²) < 4.78 is 0. The number of rotatable bonds is 3. The number of nitrogens with zero attached hydrogens (tertiary/aromatic N) is 3. The first kappa shape index (κ1) is 16.1. The summed E-state index contributed by atoms with van der Waals surface area (Å²) in [6.45, 7) is 0. The zero-order valence-corrected chi connectivity index (χ0v) is 14.8. The molecule has 5 aromatic rings. The lowest BCUT2D eigenvalue weighted by atomic mass is 10.0. The highest BCUT2D eigenvalue weighted by Gasteiger charge is 2.11. The van der Waals surface area contributed by atoms with Gasteiger partial charge in [-0.1, -0.05) is 12.1 Å². The Hall–Kier alpha value is -4.06. The van der Waals surface area contributed by atoms with Gasteiger partial charge in [0.2, 0.25) is 0 Å². The minimum absolute atomic E-state index is 0.219. The van der Waals surface area contributed by atoms with E-state index < -0.39 is 0 Å². The molecule has 0 aliphatic heterocycles. The average molecular weight is 365 g/mol. The van der Waals surface area contributed by atoms with Gasteiger partial charge < -0.3 is 10.3 Å². The third kappa shape index (κ3) is 2.87. The van der Waals surface area contributed by atoms with Crippen molar-refractivity contribution in [1.82, 2.24) is 19.9 Å². The maximum Gasteiger partial charge on any atom is 0.256 e. The zero-order valence-electron chi connectivity index (χ0n) is 14.8. The lowest BCUT2D eigenvalue weighted by Gasteiger charge is -2.05. The molecular weight excluding hydrogens is 350 g/mol. The summed E-state index contributed by atoms with van der Waals surface area (Å²) >= 11 is 0. The van der Waals surface area contributed by atoms with E-state index in [0.29, 0.717) is 17.0 Å². The molecule has 4 heterocycles. The van der Waals surface area contributed by atoms with E-state index in [1.54, 1.807) is 36.8 Å². The van der Waals surface area contributed by atoms with Crippen LogP contribution >= 0.6 is 0 Å². The van der Waals surface area contributed by atoms with Crippen molar-refractivity contribution in [2.24, 2.45) is 0 Å². The van der Waals surface area contributed by atoms with Crippen LogP contribution in [0.15, 0.2) is 79.4 Å². The SMILES string of the molecule is O=C(Nc1ccc2c(-c3ccc4ncccc4c3)c[nH]c2n1)c1ccncc1. The molecule has 6 heteroatoms. The van der Waals surface area contributed by atoms with Gasteiger partial charge in [0.1, 0.15) is 11.5 Å². The standard InChI is InChI=1S/C22H15N5O/c28-22(14-7-10-23-11-8-14)27-20-6-4-17-18(13-25-21(17)26-20)15-3-5-19-16(12-15)2-1-9-24-19/h1-13H,(H2,25,26,27,28). The number of carbonyl (C=O) groups is 1. The summed E-state index contributed by atoms with van der Waals surface area (Å²) in [4.78, 5) is 28.3. The van der Waals surface area contributed by atoms with Crippen molar-refractivity contribution in [1.29, 1.82) is 0 Å². The van der Waals surface area contributed by atoms with Crippen LogP contribution in [0, 0.1) is 0 Å². The van der Waals surface area contributed by atoms with Crippen molar-refractivity contribution in [2.75, 3.05) is 5.32 Å². The fourth-order valence-corrected chi connectivity index (χ4v) is 3.25. The molecule has 2 N–H and O–H groups in total. The summed E-state index contributed by atoms with van der Waals surface area (Å²) in [7, 11) is 0. The Morgan fingerprint density at radius 3 is 2.75 bits per heavy atom. The number of aromatic nitrogens is 4. The van der Waals surface area contributed by atoms with Crippen LogP contribution in [-0.2, 0) is 0 Å². The molecule has 0 fully saturated rings. The number of nitrogens with one attached hydrogen (secondary N) is 2. The maximum absolute atomic E-state index is 12.3. The van der Waals surface area contributed by atoms with Crippen LogP contribution in [0.4, 0.5) is 5.82 Å². The predicted octanol–water partition coefficient (Wildman–Crippen LogP) is 4.43. The topological polar surface area (TPSA) is 83.6 Å². The molecule has 0 unspecified atom stereocenters. The van der Waals surface area contributed by atoms with Crippen LogP contribution in [-0.4, -0.2) is 25.8 Å². The van der Waals surface area contributed by atoms with Crippen molar-refractivity contribution in [2.45, 2.75) is 0 Å². The third-order valence-corrected chi connectivity index (χ3v) is 4.64. The van der Waals surface area contributed by atoms with Gasteiger partial charge in [-0.2, -0.15) is 0 Å². The van der Waals surface area contributed by atoms with Gasteiger partial charge in [0, 0.05) is 46.7 Å². The molecule has 0 bridgehead atoms. The Balaban J connectivity index is 1.48. The van der Waals surface area contributed by atoms with Gasteiger partial charge in [0.05, 0.1) is 5.52 Å². The lowest BCUT2D eigenvalue weighted by Crippen LogP contribution is -2.12. The Labute approximate surface area is 160 Å². The molecule has 0 aliphatic rings. The Kier molecular flexibility index (Phi) is 3.80. The molecule has 5 rings (SSSR count).